The first-order valence-corrected chi connectivity index (χ1v) is 7.93. The Morgan fingerprint density at radius 3 is 2.26 bits per heavy atom. The molecule has 9 heteroatoms. The van der Waals surface area contributed by atoms with Crippen molar-refractivity contribution in [2.75, 3.05) is 36.0 Å². The zero-order chi connectivity index (χ0) is 16.4. The summed E-state index contributed by atoms with van der Waals surface area (Å²) in [5, 5.41) is 0. The van der Waals surface area contributed by atoms with Crippen LogP contribution in [-0.4, -0.2) is 46.1 Å². The third kappa shape index (κ3) is 3.72. The Labute approximate surface area is 140 Å². The van der Waals surface area contributed by atoms with Gasteiger partial charge in [0.25, 0.3) is 6.43 Å². The second kappa shape index (κ2) is 6.69. The van der Waals surface area contributed by atoms with Gasteiger partial charge in [-0.3, -0.25) is 0 Å². The summed E-state index contributed by atoms with van der Waals surface area (Å²) in [5.74, 6) is 1.57. The second-order valence-electron chi connectivity index (χ2n) is 5.17. The minimum atomic E-state index is -2.59. The molecule has 1 saturated heterocycles. The normalized spacial score (nSPS) is 15.3. The fraction of sp³-hybridized carbons (Fsp3) is 0.429. The van der Waals surface area contributed by atoms with Gasteiger partial charge in [0, 0.05) is 44.6 Å². The molecule has 0 radical (unpaired) electrons. The Kier molecular flexibility index (Phi) is 4.65. The average molecular weight is 385 g/mol. The third-order valence-electron chi connectivity index (χ3n) is 3.56. The monoisotopic (exact) mass is 384 g/mol. The van der Waals surface area contributed by atoms with E-state index in [4.69, 9.17) is 0 Å². The zero-order valence-corrected chi connectivity index (χ0v) is 14.0. The van der Waals surface area contributed by atoms with Crippen molar-refractivity contribution in [3.63, 3.8) is 0 Å². The molecule has 0 N–H and O–H groups in total. The Balaban J connectivity index is 1.70. The van der Waals surface area contributed by atoms with Gasteiger partial charge in [-0.1, -0.05) is 0 Å². The SMILES string of the molecule is Cc1nc(C(F)F)cc(N2CCN(c3ncc(Br)cn3)CC2)n1. The highest BCUT2D eigenvalue weighted by molar-refractivity contribution is 9.10. The quantitative estimate of drug-likeness (QED) is 0.810. The molecule has 0 amide bonds. The second-order valence-corrected chi connectivity index (χ2v) is 6.09. The average Bonchev–Trinajstić information content (AvgIpc) is 2.55. The molecule has 1 aliphatic rings. The smallest absolute Gasteiger partial charge is 0.280 e. The third-order valence-corrected chi connectivity index (χ3v) is 3.97. The minimum absolute atomic E-state index is 0.230. The highest BCUT2D eigenvalue weighted by Crippen LogP contribution is 2.22. The van der Waals surface area contributed by atoms with Gasteiger partial charge in [-0.15, -0.1) is 0 Å². The van der Waals surface area contributed by atoms with Crippen LogP contribution in [-0.2, 0) is 0 Å². The summed E-state index contributed by atoms with van der Waals surface area (Å²) in [6.45, 7) is 4.36. The van der Waals surface area contributed by atoms with Gasteiger partial charge in [-0.2, -0.15) is 0 Å². The first kappa shape index (κ1) is 16.0. The molecule has 0 aromatic carbocycles. The van der Waals surface area contributed by atoms with Gasteiger partial charge in [0.2, 0.25) is 5.95 Å². The van der Waals surface area contributed by atoms with Crippen molar-refractivity contribution in [1.29, 1.82) is 0 Å². The predicted octanol–water partition coefficient (Wildman–Crippen LogP) is 2.60. The van der Waals surface area contributed by atoms with E-state index in [0.717, 1.165) is 4.47 Å². The molecule has 0 saturated carbocycles. The predicted molar refractivity (Wildman–Crippen MR) is 85.9 cm³/mol. The molecule has 0 aliphatic carbocycles. The van der Waals surface area contributed by atoms with Crippen molar-refractivity contribution in [1.82, 2.24) is 19.9 Å². The molecule has 0 unspecified atom stereocenters. The van der Waals surface area contributed by atoms with Crippen LogP contribution in [0.3, 0.4) is 0 Å². The molecule has 3 heterocycles. The molecule has 0 spiro atoms. The molecular weight excluding hydrogens is 370 g/mol. The van der Waals surface area contributed by atoms with Crippen molar-refractivity contribution < 1.29 is 8.78 Å². The topological polar surface area (TPSA) is 58.0 Å². The molecule has 0 bridgehead atoms. The molecule has 1 aliphatic heterocycles. The van der Waals surface area contributed by atoms with Gasteiger partial charge >= 0.3 is 0 Å². The van der Waals surface area contributed by atoms with Gasteiger partial charge in [-0.25, -0.2) is 28.7 Å². The van der Waals surface area contributed by atoms with E-state index in [1.807, 2.05) is 4.90 Å². The summed E-state index contributed by atoms with van der Waals surface area (Å²) >= 11 is 3.31. The highest BCUT2D eigenvalue weighted by atomic mass is 79.9. The fourth-order valence-electron chi connectivity index (χ4n) is 2.45. The molecule has 6 nitrogen and oxygen atoms in total. The van der Waals surface area contributed by atoms with E-state index in [-0.39, 0.29) is 5.69 Å². The summed E-state index contributed by atoms with van der Waals surface area (Å²) in [5.41, 5.74) is -0.230. The maximum absolute atomic E-state index is 12.9. The number of halogens is 3. The Bertz CT molecular complexity index is 673. The molecule has 122 valence electrons. The Hall–Kier alpha value is -1.90. The summed E-state index contributed by atoms with van der Waals surface area (Å²) in [6, 6.07) is 1.36. The molecule has 3 rings (SSSR count). The first-order chi connectivity index (χ1) is 11.0. The Morgan fingerprint density at radius 1 is 1.04 bits per heavy atom. The summed E-state index contributed by atoms with van der Waals surface area (Å²) in [6.07, 6.45) is 0.822. The molecule has 2 aromatic rings. The van der Waals surface area contributed by atoms with Crippen LogP contribution in [0.5, 0.6) is 0 Å². The van der Waals surface area contributed by atoms with E-state index in [9.17, 15) is 8.78 Å². The van der Waals surface area contributed by atoms with Crippen molar-refractivity contribution in [2.24, 2.45) is 0 Å². The van der Waals surface area contributed by atoms with Crippen LogP contribution in [0.25, 0.3) is 0 Å². The lowest BCUT2D eigenvalue weighted by Gasteiger charge is -2.35. The van der Waals surface area contributed by atoms with E-state index in [1.54, 1.807) is 19.3 Å². The number of hydrogen-bond donors (Lipinski definition) is 0. The standard InChI is InChI=1S/C14H15BrF2N6/c1-9-20-11(13(16)17)6-12(21-9)22-2-4-23(5-3-22)14-18-7-10(15)8-19-14/h6-8,13H,2-5H2,1H3. The van der Waals surface area contributed by atoms with Gasteiger partial charge in [0.15, 0.2) is 0 Å². The summed E-state index contributed by atoms with van der Waals surface area (Å²) in [7, 11) is 0. The van der Waals surface area contributed by atoms with Gasteiger partial charge in [0.05, 0.1) is 4.47 Å². The number of hydrogen-bond acceptors (Lipinski definition) is 6. The van der Waals surface area contributed by atoms with E-state index in [1.165, 1.54) is 6.07 Å². The van der Waals surface area contributed by atoms with E-state index >= 15 is 0 Å². The van der Waals surface area contributed by atoms with Crippen LogP contribution >= 0.6 is 15.9 Å². The Morgan fingerprint density at radius 2 is 1.65 bits per heavy atom. The van der Waals surface area contributed by atoms with Gasteiger partial charge in [0.1, 0.15) is 17.3 Å². The molecule has 2 aromatic heterocycles. The van der Waals surface area contributed by atoms with Crippen molar-refractivity contribution >= 4 is 27.7 Å². The van der Waals surface area contributed by atoms with Crippen LogP contribution in [0, 0.1) is 6.92 Å². The van der Waals surface area contributed by atoms with E-state index < -0.39 is 6.43 Å². The van der Waals surface area contributed by atoms with Crippen LogP contribution in [0.1, 0.15) is 17.9 Å². The van der Waals surface area contributed by atoms with E-state index in [2.05, 4.69) is 40.8 Å². The lowest BCUT2D eigenvalue weighted by Crippen LogP contribution is -2.47. The number of aryl methyl sites for hydroxylation is 1. The maximum atomic E-state index is 12.9. The van der Waals surface area contributed by atoms with Crippen LogP contribution in [0.2, 0.25) is 0 Å². The lowest BCUT2D eigenvalue weighted by atomic mass is 10.3. The number of nitrogens with zero attached hydrogens (tertiary/aromatic N) is 6. The maximum Gasteiger partial charge on any atom is 0.280 e. The number of piperazine rings is 1. The number of rotatable bonds is 3. The molecular formula is C14H15BrF2N6. The van der Waals surface area contributed by atoms with Crippen molar-refractivity contribution in [3.8, 4) is 0 Å². The lowest BCUT2D eigenvalue weighted by molar-refractivity contribution is 0.145. The van der Waals surface area contributed by atoms with Gasteiger partial charge in [-0.05, 0) is 22.9 Å². The van der Waals surface area contributed by atoms with Gasteiger partial charge < -0.3 is 9.80 Å². The number of alkyl halides is 2. The number of anilines is 2. The molecule has 0 atom stereocenters. The van der Waals surface area contributed by atoms with E-state index in [0.29, 0.717) is 43.8 Å². The molecule has 1 fully saturated rings. The van der Waals surface area contributed by atoms with Crippen molar-refractivity contribution in [2.45, 2.75) is 13.3 Å². The summed E-state index contributed by atoms with van der Waals surface area (Å²) in [4.78, 5) is 20.6. The fourth-order valence-corrected chi connectivity index (χ4v) is 2.66. The number of aromatic nitrogens is 4. The minimum Gasteiger partial charge on any atom is -0.353 e. The zero-order valence-electron chi connectivity index (χ0n) is 12.5. The van der Waals surface area contributed by atoms with Crippen LogP contribution in [0.15, 0.2) is 22.9 Å². The first-order valence-electron chi connectivity index (χ1n) is 7.14. The van der Waals surface area contributed by atoms with Crippen LogP contribution < -0.4 is 9.80 Å². The van der Waals surface area contributed by atoms with Crippen LogP contribution in [0.4, 0.5) is 20.5 Å². The van der Waals surface area contributed by atoms with Crippen molar-refractivity contribution in [3.05, 3.63) is 34.5 Å². The highest BCUT2D eigenvalue weighted by Gasteiger charge is 2.21. The molecule has 23 heavy (non-hydrogen) atoms. The largest absolute Gasteiger partial charge is 0.353 e. The summed E-state index contributed by atoms with van der Waals surface area (Å²) < 4.78 is 26.6.